The number of carbonyl (C=O) groups is 3. The zero-order chi connectivity index (χ0) is 21.2. The van der Waals surface area contributed by atoms with Gasteiger partial charge in [0, 0.05) is 31.7 Å². The van der Waals surface area contributed by atoms with Crippen molar-refractivity contribution in [2.45, 2.75) is 70.8 Å². The van der Waals surface area contributed by atoms with Gasteiger partial charge in [0.05, 0.1) is 13.2 Å². The largest absolute Gasteiger partial charge is 0.469 e. The highest BCUT2D eigenvalue weighted by atomic mass is 19.3. The molecule has 156 valence electrons. The predicted octanol–water partition coefficient (Wildman–Crippen LogP) is 3.52. The maximum Gasteiger partial charge on any atom is 0.327 e. The van der Waals surface area contributed by atoms with Gasteiger partial charge in [-0.25, -0.2) is 0 Å². The first-order valence-corrected chi connectivity index (χ1v) is 9.60. The van der Waals surface area contributed by atoms with Crippen LogP contribution in [0.1, 0.15) is 58.8 Å². The molecule has 5 nitrogen and oxygen atoms in total. The van der Waals surface area contributed by atoms with Crippen LogP contribution in [0.15, 0.2) is 12.2 Å². The van der Waals surface area contributed by atoms with E-state index in [4.69, 9.17) is 0 Å². The average molecular weight is 397 g/mol. The van der Waals surface area contributed by atoms with Crippen molar-refractivity contribution in [2.24, 2.45) is 5.92 Å². The van der Waals surface area contributed by atoms with Gasteiger partial charge in [0.2, 0.25) is 0 Å². The van der Waals surface area contributed by atoms with E-state index in [-0.39, 0.29) is 24.2 Å². The summed E-state index contributed by atoms with van der Waals surface area (Å²) in [6, 6.07) is -0.786. The summed E-state index contributed by atoms with van der Waals surface area (Å²) >= 11 is 0. The van der Waals surface area contributed by atoms with Crippen LogP contribution < -0.4 is 0 Å². The Labute approximate surface area is 165 Å². The maximum atomic E-state index is 13.9. The summed E-state index contributed by atoms with van der Waals surface area (Å²) in [5.41, 5.74) is 0. The molecule has 7 heteroatoms. The highest BCUT2D eigenvalue weighted by molar-refractivity contribution is 5.92. The van der Waals surface area contributed by atoms with Crippen molar-refractivity contribution in [3.05, 3.63) is 12.2 Å². The van der Waals surface area contributed by atoms with Crippen molar-refractivity contribution in [3.63, 3.8) is 0 Å². The number of ether oxygens (including phenoxy) is 1. The Morgan fingerprint density at radius 1 is 1.32 bits per heavy atom. The summed E-state index contributed by atoms with van der Waals surface area (Å²) in [5.74, 6) is 0.177. The Balaban J connectivity index is 2.57. The zero-order valence-corrected chi connectivity index (χ0v) is 16.8. The molecule has 0 aromatic rings. The van der Waals surface area contributed by atoms with Gasteiger partial charge in [0.25, 0.3) is 5.91 Å². The van der Waals surface area contributed by atoms with E-state index in [1.54, 1.807) is 13.8 Å². The molecule has 1 fully saturated rings. The van der Waals surface area contributed by atoms with Crippen LogP contribution in [-0.2, 0) is 19.1 Å². The summed E-state index contributed by atoms with van der Waals surface area (Å²) in [7, 11) is 1.33. The standard InChI is InChI=1S/C21H29F2NO4/c1-4-5-10-16(2)18(25)13-12-17-15-21(22,23)20(27)24(17)14-9-7-6-8-11-19(26)28-3/h12-13,16-17H,6-11,14-15H2,1-3H3/b13-12+. The number of carbonyl (C=O) groups excluding carboxylic acids is 3. The number of unbranched alkanes of at least 4 members (excludes halogenated alkanes) is 3. The number of alkyl halides is 2. The Hall–Kier alpha value is -2.23. The molecule has 2 unspecified atom stereocenters. The molecule has 1 rings (SSSR count). The van der Waals surface area contributed by atoms with Gasteiger partial charge in [0.15, 0.2) is 5.78 Å². The molecule has 28 heavy (non-hydrogen) atoms. The fraction of sp³-hybridized carbons (Fsp3) is 0.667. The number of halogens is 2. The van der Waals surface area contributed by atoms with Crippen molar-refractivity contribution in [1.82, 2.24) is 4.90 Å². The quantitative estimate of drug-likeness (QED) is 0.232. The van der Waals surface area contributed by atoms with Crippen LogP contribution in [0.3, 0.4) is 0 Å². The van der Waals surface area contributed by atoms with Crippen molar-refractivity contribution in [2.75, 3.05) is 13.7 Å². The van der Waals surface area contributed by atoms with Crippen molar-refractivity contribution in [1.29, 1.82) is 0 Å². The van der Waals surface area contributed by atoms with E-state index in [9.17, 15) is 23.2 Å². The number of esters is 1. The molecule has 0 aliphatic carbocycles. The Morgan fingerprint density at radius 3 is 2.64 bits per heavy atom. The van der Waals surface area contributed by atoms with Crippen LogP contribution in [-0.4, -0.2) is 48.2 Å². The first kappa shape index (κ1) is 23.8. The smallest absolute Gasteiger partial charge is 0.327 e. The number of likely N-dealkylation sites (tertiary alicyclic amines) is 1. The number of hydrogen-bond acceptors (Lipinski definition) is 4. The summed E-state index contributed by atoms with van der Waals surface area (Å²) in [5, 5.41) is 0. The number of allylic oxidation sites excluding steroid dienone is 1. The first-order chi connectivity index (χ1) is 13.2. The average Bonchev–Trinajstić information content (AvgIpc) is 2.89. The molecule has 1 heterocycles. The fourth-order valence-corrected chi connectivity index (χ4v) is 2.99. The van der Waals surface area contributed by atoms with E-state index in [0.717, 1.165) is 11.3 Å². The fourth-order valence-electron chi connectivity index (χ4n) is 2.99. The van der Waals surface area contributed by atoms with Crippen molar-refractivity contribution >= 4 is 17.7 Å². The van der Waals surface area contributed by atoms with Gasteiger partial charge >= 0.3 is 11.9 Å². The number of amides is 1. The molecule has 1 aliphatic heterocycles. The van der Waals surface area contributed by atoms with Crippen molar-refractivity contribution in [3.8, 4) is 11.8 Å². The molecule has 0 aromatic carbocycles. The van der Waals surface area contributed by atoms with Gasteiger partial charge in [-0.3, -0.25) is 14.4 Å². The summed E-state index contributed by atoms with van der Waals surface area (Å²) in [6.45, 7) is 3.62. The van der Waals surface area contributed by atoms with Gasteiger partial charge in [-0.2, -0.15) is 8.78 Å². The molecular weight excluding hydrogens is 368 g/mol. The van der Waals surface area contributed by atoms with Crippen LogP contribution >= 0.6 is 0 Å². The molecule has 0 aromatic heterocycles. The Morgan fingerprint density at radius 2 is 2.00 bits per heavy atom. The molecule has 1 amide bonds. The van der Waals surface area contributed by atoms with E-state index in [2.05, 4.69) is 16.6 Å². The molecule has 2 atom stereocenters. The van der Waals surface area contributed by atoms with Crippen LogP contribution in [0.5, 0.6) is 0 Å². The monoisotopic (exact) mass is 397 g/mol. The third kappa shape index (κ3) is 7.41. The third-order valence-corrected chi connectivity index (χ3v) is 4.75. The Bertz CT molecular complexity index is 649. The van der Waals surface area contributed by atoms with Crippen LogP contribution in [0.2, 0.25) is 0 Å². The minimum atomic E-state index is -3.40. The second kappa shape index (κ2) is 11.6. The number of nitrogens with zero attached hydrogens (tertiary/aromatic N) is 1. The molecular formula is C21H29F2NO4. The SMILES string of the molecule is CC#CCC(C)C(=O)/C=C/C1CC(F)(F)C(=O)N1CCCCCCC(=O)OC. The van der Waals surface area contributed by atoms with E-state index in [1.807, 2.05) is 0 Å². The molecule has 0 N–H and O–H groups in total. The molecule has 0 spiro atoms. The second-order valence-corrected chi connectivity index (χ2v) is 7.01. The lowest BCUT2D eigenvalue weighted by molar-refractivity contribution is -0.148. The van der Waals surface area contributed by atoms with Gasteiger partial charge in [-0.05, 0) is 25.8 Å². The third-order valence-electron chi connectivity index (χ3n) is 4.75. The van der Waals surface area contributed by atoms with E-state index < -0.39 is 24.3 Å². The molecule has 1 saturated heterocycles. The minimum absolute atomic E-state index is 0.187. The Kier molecular flexibility index (Phi) is 9.84. The van der Waals surface area contributed by atoms with Gasteiger partial charge in [-0.1, -0.05) is 25.8 Å². The van der Waals surface area contributed by atoms with E-state index in [0.29, 0.717) is 32.1 Å². The highest BCUT2D eigenvalue weighted by Crippen LogP contribution is 2.34. The molecule has 0 bridgehead atoms. The highest BCUT2D eigenvalue weighted by Gasteiger charge is 2.52. The second-order valence-electron chi connectivity index (χ2n) is 7.01. The van der Waals surface area contributed by atoms with Gasteiger partial charge in [0.1, 0.15) is 0 Å². The van der Waals surface area contributed by atoms with E-state index >= 15 is 0 Å². The molecule has 0 saturated carbocycles. The molecule has 0 radical (unpaired) electrons. The zero-order valence-electron chi connectivity index (χ0n) is 16.8. The maximum absolute atomic E-state index is 13.9. The van der Waals surface area contributed by atoms with Gasteiger partial charge in [-0.15, -0.1) is 11.8 Å². The minimum Gasteiger partial charge on any atom is -0.469 e. The van der Waals surface area contributed by atoms with Crippen molar-refractivity contribution < 1.29 is 27.9 Å². The topological polar surface area (TPSA) is 63.7 Å². The van der Waals surface area contributed by atoms with Gasteiger partial charge < -0.3 is 9.64 Å². The lowest BCUT2D eigenvalue weighted by Gasteiger charge is -2.21. The number of hydrogen-bond donors (Lipinski definition) is 0. The molecule has 1 aliphatic rings. The first-order valence-electron chi connectivity index (χ1n) is 9.60. The lowest BCUT2D eigenvalue weighted by atomic mass is 10.0. The van der Waals surface area contributed by atoms with Crippen LogP contribution in [0, 0.1) is 17.8 Å². The normalized spacial score (nSPS) is 19.4. The predicted molar refractivity (Wildman–Crippen MR) is 102 cm³/mol. The number of rotatable bonds is 11. The summed E-state index contributed by atoms with van der Waals surface area (Å²) < 4.78 is 32.3. The van der Waals surface area contributed by atoms with Crippen LogP contribution in [0.25, 0.3) is 0 Å². The number of methoxy groups -OCH3 is 1. The van der Waals surface area contributed by atoms with E-state index in [1.165, 1.54) is 19.3 Å². The lowest BCUT2D eigenvalue weighted by Crippen LogP contribution is -2.36. The number of ketones is 1. The summed E-state index contributed by atoms with van der Waals surface area (Å²) in [6.07, 6.45) is 5.52. The summed E-state index contributed by atoms with van der Waals surface area (Å²) in [4.78, 5) is 36.3. The van der Waals surface area contributed by atoms with Crippen LogP contribution in [0.4, 0.5) is 8.78 Å².